The number of carbonyl (C=O) groups excluding carboxylic acids is 2. The number of likely N-dealkylation sites (tertiary alicyclic amines) is 1. The van der Waals surface area contributed by atoms with Crippen LogP contribution in [0.15, 0.2) is 5.51 Å². The number of aromatic nitrogens is 1. The van der Waals surface area contributed by atoms with Crippen molar-refractivity contribution in [2.24, 2.45) is 0 Å². The minimum Gasteiger partial charge on any atom is -0.480 e. The van der Waals surface area contributed by atoms with Crippen molar-refractivity contribution in [3.63, 3.8) is 0 Å². The molecule has 2 heterocycles. The number of carboxylic acids is 1. The van der Waals surface area contributed by atoms with Gasteiger partial charge in [0, 0.05) is 31.5 Å². The Labute approximate surface area is 158 Å². The molecule has 144 valence electrons. The van der Waals surface area contributed by atoms with Gasteiger partial charge < -0.3 is 14.9 Å². The van der Waals surface area contributed by atoms with Gasteiger partial charge in [-0.05, 0) is 19.3 Å². The quantitative estimate of drug-likeness (QED) is 0.865. The molecule has 0 bridgehead atoms. The van der Waals surface area contributed by atoms with Gasteiger partial charge in [-0.15, -0.1) is 11.3 Å². The van der Waals surface area contributed by atoms with Crippen molar-refractivity contribution in [3.05, 3.63) is 16.1 Å². The lowest BCUT2D eigenvalue weighted by Gasteiger charge is -2.29. The van der Waals surface area contributed by atoms with E-state index in [2.05, 4.69) is 4.98 Å². The van der Waals surface area contributed by atoms with E-state index in [1.807, 2.05) is 25.7 Å². The van der Waals surface area contributed by atoms with Crippen LogP contribution in [0.25, 0.3) is 0 Å². The number of carboxylic acid groups (broad SMARTS) is 1. The number of hydrogen-bond acceptors (Lipinski definition) is 5. The standard InChI is InChI=1S/C18H27N3O4S/c1-12(22)21(10-14(23)24)13-6-5-8-20(9-7-13)17(25)15-16(18(2,3)4)19-11-26-15/h11,13H,5-10H2,1-4H3,(H,23,24). The summed E-state index contributed by atoms with van der Waals surface area (Å²) in [6.07, 6.45) is 2.02. The van der Waals surface area contributed by atoms with E-state index < -0.39 is 5.97 Å². The number of carbonyl (C=O) groups is 3. The summed E-state index contributed by atoms with van der Waals surface area (Å²) < 4.78 is 0. The van der Waals surface area contributed by atoms with E-state index in [1.54, 1.807) is 5.51 Å². The molecule has 1 aromatic rings. The summed E-state index contributed by atoms with van der Waals surface area (Å²) in [6.45, 7) is 8.32. The largest absolute Gasteiger partial charge is 0.480 e. The molecule has 1 atom stereocenters. The summed E-state index contributed by atoms with van der Waals surface area (Å²) in [5, 5.41) is 9.04. The van der Waals surface area contributed by atoms with Gasteiger partial charge in [0.15, 0.2) is 0 Å². The average Bonchev–Trinajstić information content (AvgIpc) is 2.91. The van der Waals surface area contributed by atoms with Crippen LogP contribution in [-0.2, 0) is 15.0 Å². The molecule has 1 aliphatic rings. The van der Waals surface area contributed by atoms with E-state index in [-0.39, 0.29) is 29.8 Å². The molecule has 2 rings (SSSR count). The number of amides is 2. The Hall–Kier alpha value is -1.96. The van der Waals surface area contributed by atoms with Crippen molar-refractivity contribution in [1.29, 1.82) is 0 Å². The molecule has 1 aliphatic heterocycles. The van der Waals surface area contributed by atoms with Crippen LogP contribution in [0.3, 0.4) is 0 Å². The second kappa shape index (κ2) is 8.16. The van der Waals surface area contributed by atoms with Gasteiger partial charge in [-0.2, -0.15) is 0 Å². The number of nitrogens with zero attached hydrogens (tertiary/aromatic N) is 3. The SMILES string of the molecule is CC(=O)N(CC(=O)O)C1CCCN(C(=O)c2scnc2C(C)(C)C)CC1. The third-order valence-corrected chi connectivity index (χ3v) is 5.42. The highest BCUT2D eigenvalue weighted by Crippen LogP contribution is 2.29. The third kappa shape index (κ3) is 4.81. The highest BCUT2D eigenvalue weighted by molar-refractivity contribution is 7.11. The Morgan fingerprint density at radius 3 is 2.58 bits per heavy atom. The molecule has 1 saturated heterocycles. The van der Waals surface area contributed by atoms with Gasteiger partial charge in [0.2, 0.25) is 5.91 Å². The van der Waals surface area contributed by atoms with Gasteiger partial charge in [0.05, 0.1) is 11.2 Å². The molecule has 0 aliphatic carbocycles. The fourth-order valence-corrected chi connectivity index (χ4v) is 4.28. The van der Waals surface area contributed by atoms with Crippen LogP contribution >= 0.6 is 11.3 Å². The first kappa shape index (κ1) is 20.4. The second-order valence-corrected chi connectivity index (χ2v) is 8.55. The van der Waals surface area contributed by atoms with Crippen LogP contribution < -0.4 is 0 Å². The summed E-state index contributed by atoms with van der Waals surface area (Å²) in [4.78, 5) is 44.1. The zero-order valence-electron chi connectivity index (χ0n) is 15.8. The zero-order valence-corrected chi connectivity index (χ0v) is 16.6. The first-order valence-corrected chi connectivity index (χ1v) is 9.71. The molecular weight excluding hydrogens is 354 g/mol. The van der Waals surface area contributed by atoms with E-state index in [0.29, 0.717) is 30.8 Å². The Balaban J connectivity index is 2.11. The maximum absolute atomic E-state index is 13.0. The molecule has 0 radical (unpaired) electrons. The lowest BCUT2D eigenvalue weighted by Crippen LogP contribution is -2.43. The molecular formula is C18H27N3O4S. The summed E-state index contributed by atoms with van der Waals surface area (Å²) in [7, 11) is 0. The van der Waals surface area contributed by atoms with E-state index in [9.17, 15) is 14.4 Å². The van der Waals surface area contributed by atoms with Gasteiger partial charge in [0.25, 0.3) is 5.91 Å². The summed E-state index contributed by atoms with van der Waals surface area (Å²) in [6, 6.07) is -0.148. The maximum atomic E-state index is 13.0. The number of aliphatic carboxylic acids is 1. The van der Waals surface area contributed by atoms with Gasteiger partial charge in [0.1, 0.15) is 11.4 Å². The normalized spacial score (nSPS) is 18.3. The van der Waals surface area contributed by atoms with E-state index in [0.717, 1.165) is 12.1 Å². The molecule has 1 aromatic heterocycles. The molecule has 7 nitrogen and oxygen atoms in total. The van der Waals surface area contributed by atoms with Crippen molar-refractivity contribution in [3.8, 4) is 0 Å². The predicted octanol–water partition coefficient (Wildman–Crippen LogP) is 2.37. The highest BCUT2D eigenvalue weighted by Gasteiger charge is 2.31. The first-order chi connectivity index (χ1) is 12.1. The highest BCUT2D eigenvalue weighted by atomic mass is 32.1. The summed E-state index contributed by atoms with van der Waals surface area (Å²) >= 11 is 1.36. The van der Waals surface area contributed by atoms with Crippen molar-refractivity contribution in [2.45, 2.75) is 58.4 Å². The topological polar surface area (TPSA) is 90.8 Å². The minimum atomic E-state index is -1.02. The van der Waals surface area contributed by atoms with Gasteiger partial charge >= 0.3 is 5.97 Å². The molecule has 1 fully saturated rings. The monoisotopic (exact) mass is 381 g/mol. The average molecular weight is 381 g/mol. The summed E-state index contributed by atoms with van der Waals surface area (Å²) in [5.41, 5.74) is 2.31. The number of rotatable bonds is 4. The van der Waals surface area contributed by atoms with Crippen LogP contribution in [0.4, 0.5) is 0 Å². The van der Waals surface area contributed by atoms with Gasteiger partial charge in [-0.25, -0.2) is 4.98 Å². The third-order valence-electron chi connectivity index (χ3n) is 4.61. The lowest BCUT2D eigenvalue weighted by atomic mass is 9.91. The van der Waals surface area contributed by atoms with Crippen molar-refractivity contribution >= 4 is 29.1 Å². The molecule has 1 N–H and O–H groups in total. The summed E-state index contributed by atoms with van der Waals surface area (Å²) in [5.74, 6) is -1.28. The van der Waals surface area contributed by atoms with Crippen LogP contribution in [0.2, 0.25) is 0 Å². The molecule has 0 spiro atoms. The van der Waals surface area contributed by atoms with E-state index >= 15 is 0 Å². The Morgan fingerprint density at radius 1 is 1.31 bits per heavy atom. The second-order valence-electron chi connectivity index (χ2n) is 7.70. The molecule has 8 heteroatoms. The fraction of sp³-hybridized carbons (Fsp3) is 0.667. The fourth-order valence-electron chi connectivity index (χ4n) is 3.31. The van der Waals surface area contributed by atoms with Crippen molar-refractivity contribution in [1.82, 2.24) is 14.8 Å². The minimum absolute atomic E-state index is 0.0225. The maximum Gasteiger partial charge on any atom is 0.323 e. The molecule has 26 heavy (non-hydrogen) atoms. The molecule has 0 saturated carbocycles. The van der Waals surface area contributed by atoms with Crippen LogP contribution in [-0.4, -0.2) is 63.4 Å². The van der Waals surface area contributed by atoms with Gasteiger partial charge in [-0.3, -0.25) is 14.4 Å². The molecule has 1 unspecified atom stereocenters. The molecule has 0 aromatic carbocycles. The van der Waals surface area contributed by atoms with Crippen LogP contribution in [0, 0.1) is 0 Å². The van der Waals surface area contributed by atoms with Gasteiger partial charge in [-0.1, -0.05) is 20.8 Å². The Morgan fingerprint density at radius 2 is 2.00 bits per heavy atom. The predicted molar refractivity (Wildman–Crippen MR) is 99.4 cm³/mol. The zero-order chi connectivity index (χ0) is 19.5. The van der Waals surface area contributed by atoms with Crippen LogP contribution in [0.5, 0.6) is 0 Å². The Kier molecular flexibility index (Phi) is 6.39. The number of hydrogen-bond donors (Lipinski definition) is 1. The van der Waals surface area contributed by atoms with E-state index in [4.69, 9.17) is 5.11 Å². The first-order valence-electron chi connectivity index (χ1n) is 8.83. The smallest absolute Gasteiger partial charge is 0.323 e. The van der Waals surface area contributed by atoms with Crippen LogP contribution in [0.1, 0.15) is 62.3 Å². The van der Waals surface area contributed by atoms with Crippen molar-refractivity contribution in [2.75, 3.05) is 19.6 Å². The van der Waals surface area contributed by atoms with Crippen molar-refractivity contribution < 1.29 is 19.5 Å². The Bertz CT molecular complexity index is 680. The van der Waals surface area contributed by atoms with E-state index in [1.165, 1.54) is 23.2 Å². The number of thiazole rings is 1. The lowest BCUT2D eigenvalue weighted by molar-refractivity contribution is -0.145. The molecule has 2 amide bonds.